The molecule has 0 saturated heterocycles. The molecule has 0 aliphatic heterocycles. The molecule has 4 heteroatoms. The molecule has 0 atom stereocenters. The summed E-state index contributed by atoms with van der Waals surface area (Å²) in [5, 5.41) is 6.93. The van der Waals surface area contributed by atoms with E-state index in [1.807, 2.05) is 11.7 Å². The summed E-state index contributed by atoms with van der Waals surface area (Å²) in [6.45, 7) is 0.853. The second-order valence-electron chi connectivity index (χ2n) is 3.47. The summed E-state index contributed by atoms with van der Waals surface area (Å²) in [5.74, 6) is 0. The van der Waals surface area contributed by atoms with E-state index in [1.165, 1.54) is 20.7 Å². The van der Waals surface area contributed by atoms with E-state index in [0.29, 0.717) is 0 Å². The fraction of sp³-hybridized carbons (Fsp3) is 0.0833. The number of benzene rings is 1. The Morgan fingerprint density at radius 2 is 2.12 bits per heavy atom. The van der Waals surface area contributed by atoms with Crippen molar-refractivity contribution in [3.8, 4) is 0 Å². The molecule has 16 heavy (non-hydrogen) atoms. The maximum Gasteiger partial charge on any atom is 0.0794 e. The molecule has 0 amide bonds. The van der Waals surface area contributed by atoms with Crippen molar-refractivity contribution in [3.63, 3.8) is 0 Å². The van der Waals surface area contributed by atoms with Crippen molar-refractivity contribution < 1.29 is 0 Å². The summed E-state index contributed by atoms with van der Waals surface area (Å²) in [6, 6.07) is 8.46. The molecule has 2 aromatic heterocycles. The lowest BCUT2D eigenvalue weighted by molar-refractivity contribution is 1.18. The monoisotopic (exact) mass is 246 g/mol. The van der Waals surface area contributed by atoms with Gasteiger partial charge in [0.1, 0.15) is 0 Å². The third-order valence-corrected chi connectivity index (χ3v) is 4.16. The van der Waals surface area contributed by atoms with E-state index in [0.717, 1.165) is 6.54 Å². The van der Waals surface area contributed by atoms with Gasteiger partial charge in [0.05, 0.1) is 17.7 Å². The molecule has 0 unspecified atom stereocenters. The zero-order valence-corrected chi connectivity index (χ0v) is 10.1. The van der Waals surface area contributed by atoms with Crippen LogP contribution in [0.25, 0.3) is 10.1 Å². The Hall–Kier alpha value is -1.39. The van der Waals surface area contributed by atoms with Gasteiger partial charge in [0, 0.05) is 26.5 Å². The molecule has 0 aliphatic rings. The van der Waals surface area contributed by atoms with Crippen LogP contribution in [0.1, 0.15) is 4.88 Å². The number of thiazole rings is 1. The second kappa shape index (κ2) is 4.23. The van der Waals surface area contributed by atoms with Gasteiger partial charge in [0.2, 0.25) is 0 Å². The normalized spacial score (nSPS) is 10.8. The number of anilines is 1. The van der Waals surface area contributed by atoms with Crippen molar-refractivity contribution >= 4 is 38.4 Å². The number of fused-ring (bicyclic) bond motifs is 1. The summed E-state index contributed by atoms with van der Waals surface area (Å²) < 4.78 is 1.33. The quantitative estimate of drug-likeness (QED) is 0.756. The third kappa shape index (κ3) is 1.81. The molecule has 0 radical (unpaired) electrons. The molecule has 0 spiro atoms. The Kier molecular flexibility index (Phi) is 2.60. The van der Waals surface area contributed by atoms with Crippen LogP contribution in [0.15, 0.2) is 41.4 Å². The van der Waals surface area contributed by atoms with E-state index < -0.39 is 0 Å². The molecule has 0 aliphatic carbocycles. The van der Waals surface area contributed by atoms with Gasteiger partial charge in [0.15, 0.2) is 0 Å². The van der Waals surface area contributed by atoms with Crippen molar-refractivity contribution in [3.05, 3.63) is 46.2 Å². The average Bonchev–Trinajstić information content (AvgIpc) is 2.96. The lowest BCUT2D eigenvalue weighted by atomic mass is 10.2. The van der Waals surface area contributed by atoms with Crippen LogP contribution in [0, 0.1) is 0 Å². The molecular weight excluding hydrogens is 236 g/mol. The lowest BCUT2D eigenvalue weighted by Crippen LogP contribution is -1.95. The minimum Gasteiger partial charge on any atom is -0.379 e. The Balaban J connectivity index is 1.84. The van der Waals surface area contributed by atoms with Gasteiger partial charge < -0.3 is 5.32 Å². The highest BCUT2D eigenvalue weighted by Crippen LogP contribution is 2.30. The predicted octanol–water partition coefficient (Wildman–Crippen LogP) is 3.97. The average molecular weight is 246 g/mol. The van der Waals surface area contributed by atoms with Gasteiger partial charge in [-0.2, -0.15) is 0 Å². The van der Waals surface area contributed by atoms with Gasteiger partial charge in [-0.3, -0.25) is 4.98 Å². The number of nitrogens with zero attached hydrogens (tertiary/aromatic N) is 1. The SMILES string of the molecule is c1ccc2c(NCc3cncs3)csc2c1. The van der Waals surface area contributed by atoms with Gasteiger partial charge >= 0.3 is 0 Å². The fourth-order valence-electron chi connectivity index (χ4n) is 1.63. The molecule has 0 bridgehead atoms. The van der Waals surface area contributed by atoms with Gasteiger partial charge in [-0.1, -0.05) is 18.2 Å². The zero-order chi connectivity index (χ0) is 10.8. The van der Waals surface area contributed by atoms with Gasteiger partial charge in [-0.05, 0) is 6.07 Å². The molecule has 1 aromatic carbocycles. The standard InChI is InChI=1S/C12H10N2S2/c1-2-4-12-10(3-1)11(7-15-12)14-6-9-5-13-8-16-9/h1-5,7-8,14H,6H2. The molecule has 2 heterocycles. The number of aromatic nitrogens is 1. The van der Waals surface area contributed by atoms with E-state index in [-0.39, 0.29) is 0 Å². The first-order chi connectivity index (χ1) is 7.93. The number of rotatable bonds is 3. The highest BCUT2D eigenvalue weighted by atomic mass is 32.1. The van der Waals surface area contributed by atoms with Crippen LogP contribution in [0.4, 0.5) is 5.69 Å². The highest BCUT2D eigenvalue weighted by Gasteiger charge is 2.02. The van der Waals surface area contributed by atoms with Crippen LogP contribution < -0.4 is 5.32 Å². The lowest BCUT2D eigenvalue weighted by Gasteiger charge is -2.02. The zero-order valence-electron chi connectivity index (χ0n) is 8.51. The molecule has 0 saturated carbocycles. The summed E-state index contributed by atoms with van der Waals surface area (Å²) in [7, 11) is 0. The van der Waals surface area contributed by atoms with Crippen molar-refractivity contribution in [2.45, 2.75) is 6.54 Å². The molecule has 3 rings (SSSR count). The Bertz CT molecular complexity index is 584. The molecule has 80 valence electrons. The predicted molar refractivity (Wildman–Crippen MR) is 71.3 cm³/mol. The first-order valence-corrected chi connectivity index (χ1v) is 6.77. The largest absolute Gasteiger partial charge is 0.379 e. The van der Waals surface area contributed by atoms with Crippen molar-refractivity contribution in [1.82, 2.24) is 4.98 Å². The summed E-state index contributed by atoms with van der Waals surface area (Å²) >= 11 is 3.46. The molecule has 3 aromatic rings. The van der Waals surface area contributed by atoms with E-state index >= 15 is 0 Å². The van der Waals surface area contributed by atoms with Crippen LogP contribution in [0.2, 0.25) is 0 Å². The number of nitrogens with one attached hydrogen (secondary N) is 1. The van der Waals surface area contributed by atoms with E-state index in [2.05, 4.69) is 39.9 Å². The first-order valence-electron chi connectivity index (χ1n) is 5.01. The molecule has 2 nitrogen and oxygen atoms in total. The smallest absolute Gasteiger partial charge is 0.0794 e. The van der Waals surface area contributed by atoms with Crippen molar-refractivity contribution in [1.29, 1.82) is 0 Å². The minimum atomic E-state index is 0.853. The molecule has 0 fully saturated rings. The highest BCUT2D eigenvalue weighted by molar-refractivity contribution is 7.17. The minimum absolute atomic E-state index is 0.853. The summed E-state index contributed by atoms with van der Waals surface area (Å²) in [4.78, 5) is 5.33. The van der Waals surface area contributed by atoms with Crippen molar-refractivity contribution in [2.24, 2.45) is 0 Å². The van der Waals surface area contributed by atoms with Crippen molar-refractivity contribution in [2.75, 3.05) is 5.32 Å². The number of hydrogen-bond donors (Lipinski definition) is 1. The van der Waals surface area contributed by atoms with Gasteiger partial charge in [0.25, 0.3) is 0 Å². The second-order valence-corrected chi connectivity index (χ2v) is 5.35. The van der Waals surface area contributed by atoms with Crippen LogP contribution in [-0.4, -0.2) is 4.98 Å². The van der Waals surface area contributed by atoms with E-state index in [1.54, 1.807) is 22.7 Å². The third-order valence-electron chi connectivity index (χ3n) is 2.42. The van der Waals surface area contributed by atoms with E-state index in [9.17, 15) is 0 Å². The first kappa shape index (κ1) is 9.81. The Morgan fingerprint density at radius 1 is 1.19 bits per heavy atom. The molecule has 1 N–H and O–H groups in total. The van der Waals surface area contributed by atoms with Gasteiger partial charge in [-0.15, -0.1) is 22.7 Å². The van der Waals surface area contributed by atoms with Crippen LogP contribution in [-0.2, 0) is 6.54 Å². The molecular formula is C12H10N2S2. The number of thiophene rings is 1. The Labute approximate surface area is 102 Å². The van der Waals surface area contributed by atoms with Crippen LogP contribution in [0.3, 0.4) is 0 Å². The van der Waals surface area contributed by atoms with Gasteiger partial charge in [-0.25, -0.2) is 0 Å². The Morgan fingerprint density at radius 3 is 3.00 bits per heavy atom. The summed E-state index contributed by atoms with van der Waals surface area (Å²) in [5.41, 5.74) is 3.08. The topological polar surface area (TPSA) is 24.9 Å². The maximum atomic E-state index is 4.07. The van der Waals surface area contributed by atoms with E-state index in [4.69, 9.17) is 0 Å². The van der Waals surface area contributed by atoms with Crippen LogP contribution in [0.5, 0.6) is 0 Å². The fourth-order valence-corrected chi connectivity index (χ4v) is 3.08. The van der Waals surface area contributed by atoms with Crippen LogP contribution >= 0.6 is 22.7 Å². The summed E-state index contributed by atoms with van der Waals surface area (Å²) in [6.07, 6.45) is 1.91. The number of hydrogen-bond acceptors (Lipinski definition) is 4. The maximum absolute atomic E-state index is 4.07.